The highest BCUT2D eigenvalue weighted by atomic mass is 32.2. The van der Waals surface area contributed by atoms with Crippen molar-refractivity contribution < 1.29 is 4.92 Å². The molecule has 0 spiro atoms. The van der Waals surface area contributed by atoms with Crippen molar-refractivity contribution in [1.82, 2.24) is 15.6 Å². The second-order valence-corrected chi connectivity index (χ2v) is 5.31. The molecule has 6 nitrogen and oxygen atoms in total. The maximum absolute atomic E-state index is 10.6. The number of rotatable bonds is 10. The standard InChI is InChI=1S/C13H20N4O2S/c1-2-7-20-8-6-15-13(11-17(18)19)16-10-12-4-3-5-14-9-12/h3-5,9,11,15-16H,2,6-8,10H2,1H3/b13-11-. The molecule has 2 N–H and O–H groups in total. The maximum atomic E-state index is 10.6. The van der Waals surface area contributed by atoms with E-state index in [4.69, 9.17) is 0 Å². The first-order chi connectivity index (χ1) is 9.72. The minimum absolute atomic E-state index is 0.427. The van der Waals surface area contributed by atoms with E-state index < -0.39 is 4.92 Å². The molecule has 1 heterocycles. The van der Waals surface area contributed by atoms with E-state index in [1.807, 2.05) is 23.9 Å². The van der Waals surface area contributed by atoms with Gasteiger partial charge < -0.3 is 10.6 Å². The van der Waals surface area contributed by atoms with Gasteiger partial charge in [0.2, 0.25) is 0 Å². The van der Waals surface area contributed by atoms with E-state index in [0.717, 1.165) is 29.7 Å². The average molecular weight is 296 g/mol. The summed E-state index contributed by atoms with van der Waals surface area (Å²) >= 11 is 1.83. The van der Waals surface area contributed by atoms with Gasteiger partial charge in [0.1, 0.15) is 0 Å². The Morgan fingerprint density at radius 1 is 1.50 bits per heavy atom. The molecule has 0 amide bonds. The minimum Gasteiger partial charge on any atom is -0.366 e. The van der Waals surface area contributed by atoms with Crippen molar-refractivity contribution in [2.45, 2.75) is 19.9 Å². The zero-order valence-corrected chi connectivity index (χ0v) is 12.4. The molecule has 0 radical (unpaired) electrons. The summed E-state index contributed by atoms with van der Waals surface area (Å²) in [7, 11) is 0. The lowest BCUT2D eigenvalue weighted by atomic mass is 10.3. The maximum Gasteiger partial charge on any atom is 0.274 e. The third kappa shape index (κ3) is 7.63. The molecule has 0 saturated heterocycles. The quantitative estimate of drug-likeness (QED) is 0.390. The Bertz CT molecular complexity index is 426. The van der Waals surface area contributed by atoms with E-state index >= 15 is 0 Å². The highest BCUT2D eigenvalue weighted by Crippen LogP contribution is 2.01. The van der Waals surface area contributed by atoms with Crippen LogP contribution < -0.4 is 10.6 Å². The number of hydrogen-bond acceptors (Lipinski definition) is 6. The van der Waals surface area contributed by atoms with Crippen LogP contribution in [0.5, 0.6) is 0 Å². The molecule has 0 aliphatic rings. The summed E-state index contributed by atoms with van der Waals surface area (Å²) in [5.41, 5.74) is 0.976. The molecule has 7 heteroatoms. The summed E-state index contributed by atoms with van der Waals surface area (Å²) in [6.07, 6.45) is 5.52. The minimum atomic E-state index is -0.461. The van der Waals surface area contributed by atoms with Crippen molar-refractivity contribution in [2.24, 2.45) is 0 Å². The molecule has 0 fully saturated rings. The summed E-state index contributed by atoms with van der Waals surface area (Å²) in [4.78, 5) is 14.1. The molecule has 0 unspecified atom stereocenters. The van der Waals surface area contributed by atoms with Crippen LogP contribution in [-0.2, 0) is 6.54 Å². The summed E-state index contributed by atoms with van der Waals surface area (Å²) in [5.74, 6) is 2.47. The van der Waals surface area contributed by atoms with Gasteiger partial charge in [0.25, 0.3) is 6.20 Å². The Morgan fingerprint density at radius 3 is 3.00 bits per heavy atom. The van der Waals surface area contributed by atoms with Gasteiger partial charge in [-0.3, -0.25) is 15.1 Å². The average Bonchev–Trinajstić information content (AvgIpc) is 2.45. The molecule has 0 bridgehead atoms. The fourth-order valence-corrected chi connectivity index (χ4v) is 2.20. The summed E-state index contributed by atoms with van der Waals surface area (Å²) in [6.45, 7) is 3.33. The lowest BCUT2D eigenvalue weighted by Crippen LogP contribution is -2.28. The topological polar surface area (TPSA) is 80.1 Å². The number of pyridine rings is 1. The molecule has 0 aliphatic heterocycles. The van der Waals surface area contributed by atoms with Crippen LogP contribution in [0.1, 0.15) is 18.9 Å². The van der Waals surface area contributed by atoms with Gasteiger partial charge in [0.05, 0.1) is 4.92 Å². The van der Waals surface area contributed by atoms with Crippen molar-refractivity contribution in [3.8, 4) is 0 Å². The molecule has 20 heavy (non-hydrogen) atoms. The van der Waals surface area contributed by atoms with Crippen molar-refractivity contribution in [2.75, 3.05) is 18.1 Å². The number of hydrogen-bond donors (Lipinski definition) is 2. The molecule has 1 rings (SSSR count). The van der Waals surface area contributed by atoms with Crippen LogP contribution in [0, 0.1) is 10.1 Å². The Balaban J connectivity index is 2.38. The zero-order chi connectivity index (χ0) is 14.6. The fraction of sp³-hybridized carbons (Fsp3) is 0.462. The molecule has 110 valence electrons. The van der Waals surface area contributed by atoms with E-state index in [1.165, 1.54) is 0 Å². The first kappa shape index (κ1) is 16.3. The van der Waals surface area contributed by atoms with E-state index in [-0.39, 0.29) is 0 Å². The van der Waals surface area contributed by atoms with Gasteiger partial charge in [0, 0.05) is 31.2 Å². The molecular weight excluding hydrogens is 276 g/mol. The van der Waals surface area contributed by atoms with Crippen LogP contribution in [0.25, 0.3) is 0 Å². The number of nitrogens with zero attached hydrogens (tertiary/aromatic N) is 2. The lowest BCUT2D eigenvalue weighted by molar-refractivity contribution is -0.404. The number of nitrogens with one attached hydrogen (secondary N) is 2. The SMILES string of the molecule is CCCSCCN/C(=C/[N+](=O)[O-])NCc1cccnc1. The van der Waals surface area contributed by atoms with Crippen molar-refractivity contribution in [3.63, 3.8) is 0 Å². The molecule has 0 atom stereocenters. The largest absolute Gasteiger partial charge is 0.366 e. The van der Waals surface area contributed by atoms with Crippen LogP contribution in [0.4, 0.5) is 0 Å². The van der Waals surface area contributed by atoms with E-state index in [9.17, 15) is 10.1 Å². The van der Waals surface area contributed by atoms with Crippen LogP contribution in [0.15, 0.2) is 36.5 Å². The predicted octanol–water partition coefficient (Wildman–Crippen LogP) is 1.98. The predicted molar refractivity (Wildman–Crippen MR) is 81.8 cm³/mol. The Labute approximate surface area is 123 Å². The van der Waals surface area contributed by atoms with Crippen LogP contribution in [0.3, 0.4) is 0 Å². The van der Waals surface area contributed by atoms with Gasteiger partial charge in [-0.1, -0.05) is 13.0 Å². The van der Waals surface area contributed by atoms with E-state index in [0.29, 0.717) is 18.9 Å². The van der Waals surface area contributed by atoms with Crippen LogP contribution in [0.2, 0.25) is 0 Å². The van der Waals surface area contributed by atoms with E-state index in [1.54, 1.807) is 12.4 Å². The van der Waals surface area contributed by atoms with Gasteiger partial charge in [0.15, 0.2) is 5.82 Å². The first-order valence-corrected chi connectivity index (χ1v) is 7.67. The van der Waals surface area contributed by atoms with Gasteiger partial charge in [-0.05, 0) is 23.8 Å². The molecular formula is C13H20N4O2S. The molecule has 1 aromatic rings. The van der Waals surface area contributed by atoms with Crippen molar-refractivity contribution in [1.29, 1.82) is 0 Å². The van der Waals surface area contributed by atoms with Gasteiger partial charge >= 0.3 is 0 Å². The number of thioether (sulfide) groups is 1. The van der Waals surface area contributed by atoms with Crippen LogP contribution in [-0.4, -0.2) is 28.0 Å². The highest BCUT2D eigenvalue weighted by molar-refractivity contribution is 7.99. The van der Waals surface area contributed by atoms with Gasteiger partial charge in [-0.25, -0.2) is 0 Å². The Morgan fingerprint density at radius 2 is 2.35 bits per heavy atom. The Hall–Kier alpha value is -1.76. The molecule has 0 saturated carbocycles. The monoisotopic (exact) mass is 296 g/mol. The van der Waals surface area contributed by atoms with Crippen molar-refractivity contribution >= 4 is 11.8 Å². The second-order valence-electron chi connectivity index (χ2n) is 4.08. The van der Waals surface area contributed by atoms with Gasteiger partial charge in [-0.15, -0.1) is 0 Å². The summed E-state index contributed by atoms with van der Waals surface area (Å²) < 4.78 is 0. The fourth-order valence-electron chi connectivity index (χ4n) is 1.46. The molecule has 0 aliphatic carbocycles. The summed E-state index contributed by atoms with van der Waals surface area (Å²) in [5, 5.41) is 16.7. The Kier molecular flexibility index (Phi) is 8.21. The van der Waals surface area contributed by atoms with Gasteiger partial charge in [-0.2, -0.15) is 11.8 Å². The first-order valence-electron chi connectivity index (χ1n) is 6.52. The normalized spacial score (nSPS) is 11.2. The zero-order valence-electron chi connectivity index (χ0n) is 11.5. The van der Waals surface area contributed by atoms with Crippen molar-refractivity contribution in [3.05, 3.63) is 52.2 Å². The molecule has 1 aromatic heterocycles. The highest BCUT2D eigenvalue weighted by Gasteiger charge is 2.02. The number of nitro groups is 1. The molecule has 0 aromatic carbocycles. The van der Waals surface area contributed by atoms with Crippen LogP contribution >= 0.6 is 11.8 Å². The smallest absolute Gasteiger partial charge is 0.274 e. The third-order valence-corrected chi connectivity index (χ3v) is 3.54. The lowest BCUT2D eigenvalue weighted by Gasteiger charge is -2.11. The second kappa shape index (κ2) is 10.1. The number of aromatic nitrogens is 1. The third-order valence-electron chi connectivity index (χ3n) is 2.35. The van der Waals surface area contributed by atoms with E-state index in [2.05, 4.69) is 22.5 Å². The summed E-state index contributed by atoms with van der Waals surface area (Å²) in [6, 6.07) is 3.75.